The number of methoxy groups -OCH3 is 1. The summed E-state index contributed by atoms with van der Waals surface area (Å²) < 4.78 is 4.60. The number of likely N-dealkylation sites (N-methyl/N-ethyl adjacent to an activating group) is 1. The highest BCUT2D eigenvalue weighted by atomic mass is 16.5. The molecule has 1 N–H and O–H groups in total. The quantitative estimate of drug-likeness (QED) is 0.834. The second kappa shape index (κ2) is 7.11. The lowest BCUT2D eigenvalue weighted by molar-refractivity contribution is -0.141. The summed E-state index contributed by atoms with van der Waals surface area (Å²) in [6.45, 7) is 2.54. The van der Waals surface area contributed by atoms with Crippen molar-refractivity contribution < 1.29 is 14.3 Å². The molecule has 0 saturated heterocycles. The zero-order valence-electron chi connectivity index (χ0n) is 13.3. The zero-order valence-corrected chi connectivity index (χ0v) is 13.3. The summed E-state index contributed by atoms with van der Waals surface area (Å²) in [5, 5.41) is 1.09. The second-order valence-corrected chi connectivity index (χ2v) is 5.45. The Kier molecular flexibility index (Phi) is 5.20. The van der Waals surface area contributed by atoms with E-state index in [2.05, 4.69) is 9.72 Å². The van der Waals surface area contributed by atoms with Crippen molar-refractivity contribution in [3.05, 3.63) is 35.5 Å². The summed E-state index contributed by atoms with van der Waals surface area (Å²) >= 11 is 0. The van der Waals surface area contributed by atoms with E-state index in [9.17, 15) is 9.59 Å². The molecule has 2 rings (SSSR count). The molecule has 1 heterocycles. The second-order valence-electron chi connectivity index (χ2n) is 5.45. The van der Waals surface area contributed by atoms with Gasteiger partial charge in [0, 0.05) is 36.6 Å². The number of hydrogen-bond acceptors (Lipinski definition) is 3. The maximum absolute atomic E-state index is 12.3. The molecule has 1 amide bonds. The molecule has 0 aliphatic heterocycles. The minimum atomic E-state index is -0.242. The van der Waals surface area contributed by atoms with Crippen molar-refractivity contribution in [2.75, 3.05) is 20.7 Å². The number of H-pyrrole nitrogens is 1. The summed E-state index contributed by atoms with van der Waals surface area (Å²) in [7, 11) is 3.14. The number of nitrogens with zero attached hydrogens (tertiary/aromatic N) is 1. The summed E-state index contributed by atoms with van der Waals surface area (Å²) in [5.74, 6) is -0.189. The number of carbonyl (C=O) groups excluding carboxylic acids is 2. The fourth-order valence-electron chi connectivity index (χ4n) is 2.54. The van der Waals surface area contributed by atoms with Gasteiger partial charge in [0.15, 0.2) is 0 Å². The first-order chi connectivity index (χ1) is 10.5. The van der Waals surface area contributed by atoms with Crippen LogP contribution in [0.2, 0.25) is 0 Å². The fourth-order valence-corrected chi connectivity index (χ4v) is 2.54. The van der Waals surface area contributed by atoms with Gasteiger partial charge in [-0.3, -0.25) is 9.59 Å². The average Bonchev–Trinajstić information content (AvgIpc) is 2.83. The summed E-state index contributed by atoms with van der Waals surface area (Å²) in [4.78, 5) is 28.4. The molecular weight excluding hydrogens is 280 g/mol. The molecule has 22 heavy (non-hydrogen) atoms. The number of benzene rings is 1. The molecule has 0 aliphatic carbocycles. The maximum atomic E-state index is 12.3. The van der Waals surface area contributed by atoms with Gasteiger partial charge in [-0.05, 0) is 25.0 Å². The Bertz CT molecular complexity index is 676. The Morgan fingerprint density at radius 3 is 2.73 bits per heavy atom. The van der Waals surface area contributed by atoms with Crippen molar-refractivity contribution in [3.8, 4) is 0 Å². The average molecular weight is 302 g/mol. The predicted molar refractivity (Wildman–Crippen MR) is 85.6 cm³/mol. The monoisotopic (exact) mass is 302 g/mol. The predicted octanol–water partition coefficient (Wildman–Crippen LogP) is 2.43. The van der Waals surface area contributed by atoms with Crippen LogP contribution in [0, 0.1) is 6.92 Å². The largest absolute Gasteiger partial charge is 0.469 e. The van der Waals surface area contributed by atoms with Crippen LogP contribution in [0.4, 0.5) is 0 Å². The van der Waals surface area contributed by atoms with Gasteiger partial charge < -0.3 is 14.6 Å². The fraction of sp³-hybridized carbons (Fsp3) is 0.412. The van der Waals surface area contributed by atoms with Crippen molar-refractivity contribution in [2.45, 2.75) is 26.2 Å². The van der Waals surface area contributed by atoms with Crippen molar-refractivity contribution in [1.82, 2.24) is 9.88 Å². The number of ether oxygens (including phenoxy) is 1. The van der Waals surface area contributed by atoms with E-state index in [0.717, 1.165) is 22.2 Å². The third-order valence-corrected chi connectivity index (χ3v) is 3.88. The highest BCUT2D eigenvalue weighted by Crippen LogP contribution is 2.22. The van der Waals surface area contributed by atoms with Gasteiger partial charge in [0.05, 0.1) is 13.5 Å². The third-order valence-electron chi connectivity index (χ3n) is 3.88. The van der Waals surface area contributed by atoms with E-state index < -0.39 is 0 Å². The van der Waals surface area contributed by atoms with Gasteiger partial charge in [-0.25, -0.2) is 0 Å². The Morgan fingerprint density at radius 1 is 1.27 bits per heavy atom. The molecule has 1 aromatic carbocycles. The summed E-state index contributed by atoms with van der Waals surface area (Å²) in [6.07, 6.45) is 1.31. The Labute approximate surface area is 130 Å². The number of amides is 1. The number of aromatic nitrogens is 1. The molecule has 5 heteroatoms. The van der Waals surface area contributed by atoms with Crippen LogP contribution >= 0.6 is 0 Å². The van der Waals surface area contributed by atoms with Gasteiger partial charge in [-0.2, -0.15) is 0 Å². The topological polar surface area (TPSA) is 62.4 Å². The molecule has 0 radical (unpaired) electrons. The molecule has 0 atom stereocenters. The number of aromatic amines is 1. The minimum Gasteiger partial charge on any atom is -0.469 e. The molecule has 118 valence electrons. The van der Waals surface area contributed by atoms with Crippen LogP contribution < -0.4 is 0 Å². The SMILES string of the molecule is COC(=O)CCCN(C)C(=O)Cc1c(C)[nH]c2ccccc12. The van der Waals surface area contributed by atoms with Gasteiger partial charge in [0.1, 0.15) is 0 Å². The van der Waals surface area contributed by atoms with Crippen LogP contribution in [0.15, 0.2) is 24.3 Å². The third kappa shape index (κ3) is 3.67. The number of rotatable bonds is 6. The van der Waals surface area contributed by atoms with E-state index in [4.69, 9.17) is 0 Å². The highest BCUT2D eigenvalue weighted by Gasteiger charge is 2.15. The van der Waals surface area contributed by atoms with Crippen molar-refractivity contribution >= 4 is 22.8 Å². The molecule has 2 aromatic rings. The van der Waals surface area contributed by atoms with Crippen molar-refractivity contribution in [3.63, 3.8) is 0 Å². The Morgan fingerprint density at radius 2 is 2.00 bits per heavy atom. The van der Waals surface area contributed by atoms with Gasteiger partial charge in [-0.1, -0.05) is 18.2 Å². The van der Waals surface area contributed by atoms with E-state index in [-0.39, 0.29) is 11.9 Å². The first-order valence-corrected chi connectivity index (χ1v) is 7.40. The number of esters is 1. The van der Waals surface area contributed by atoms with Crippen LogP contribution in [-0.2, 0) is 20.7 Å². The van der Waals surface area contributed by atoms with E-state index in [0.29, 0.717) is 25.8 Å². The number of nitrogens with one attached hydrogen (secondary N) is 1. The van der Waals surface area contributed by atoms with Gasteiger partial charge in [0.2, 0.25) is 5.91 Å². The lowest BCUT2D eigenvalue weighted by atomic mass is 10.1. The zero-order chi connectivity index (χ0) is 16.1. The number of carbonyl (C=O) groups is 2. The molecule has 0 unspecified atom stereocenters. The van der Waals surface area contributed by atoms with E-state index in [1.165, 1.54) is 7.11 Å². The first-order valence-electron chi connectivity index (χ1n) is 7.40. The molecule has 5 nitrogen and oxygen atoms in total. The summed E-state index contributed by atoms with van der Waals surface area (Å²) in [6, 6.07) is 7.99. The lowest BCUT2D eigenvalue weighted by Crippen LogP contribution is -2.29. The molecule has 0 fully saturated rings. The van der Waals surface area contributed by atoms with Crippen LogP contribution in [-0.4, -0.2) is 42.5 Å². The van der Waals surface area contributed by atoms with Crippen LogP contribution in [0.5, 0.6) is 0 Å². The lowest BCUT2D eigenvalue weighted by Gasteiger charge is -2.17. The molecule has 0 bridgehead atoms. The van der Waals surface area contributed by atoms with E-state index in [1.807, 2.05) is 31.2 Å². The number of fused-ring (bicyclic) bond motifs is 1. The van der Waals surface area contributed by atoms with E-state index >= 15 is 0 Å². The van der Waals surface area contributed by atoms with E-state index in [1.54, 1.807) is 11.9 Å². The van der Waals surface area contributed by atoms with Crippen LogP contribution in [0.25, 0.3) is 10.9 Å². The molecule has 1 aromatic heterocycles. The minimum absolute atomic E-state index is 0.0534. The number of hydrogen-bond donors (Lipinski definition) is 1. The standard InChI is InChI=1S/C17H22N2O3/c1-12-14(13-7-4-5-8-15(13)18-12)11-16(20)19(2)10-6-9-17(21)22-3/h4-5,7-8,18H,6,9-11H2,1-3H3. The Balaban J connectivity index is 1.98. The number of aryl methyl sites for hydroxylation is 1. The smallest absolute Gasteiger partial charge is 0.305 e. The van der Waals surface area contributed by atoms with Crippen LogP contribution in [0.1, 0.15) is 24.1 Å². The molecule has 0 saturated carbocycles. The molecular formula is C17H22N2O3. The maximum Gasteiger partial charge on any atom is 0.305 e. The number of para-hydroxylation sites is 1. The van der Waals surface area contributed by atoms with Crippen LogP contribution in [0.3, 0.4) is 0 Å². The highest BCUT2D eigenvalue weighted by molar-refractivity contribution is 5.90. The molecule has 0 aliphatic rings. The van der Waals surface area contributed by atoms with Crippen molar-refractivity contribution in [2.24, 2.45) is 0 Å². The molecule has 0 spiro atoms. The van der Waals surface area contributed by atoms with Gasteiger partial charge >= 0.3 is 5.97 Å². The van der Waals surface area contributed by atoms with Gasteiger partial charge in [0.25, 0.3) is 0 Å². The normalized spacial score (nSPS) is 10.7. The van der Waals surface area contributed by atoms with Gasteiger partial charge in [-0.15, -0.1) is 0 Å². The first kappa shape index (κ1) is 16.1. The Hall–Kier alpha value is -2.30. The van der Waals surface area contributed by atoms with Crippen molar-refractivity contribution in [1.29, 1.82) is 0 Å². The summed E-state index contributed by atoms with van der Waals surface area (Å²) in [5.41, 5.74) is 3.12.